The normalized spacial score (nSPS) is 6.90. The van der Waals surface area contributed by atoms with Gasteiger partial charge in [0.2, 0.25) is 0 Å². The summed E-state index contributed by atoms with van der Waals surface area (Å²) in [6.07, 6.45) is 3.60. The molecular weight excluding hydrogens is 680 g/mol. The molecule has 0 saturated heterocycles. The zero-order valence-corrected chi connectivity index (χ0v) is 27.3. The van der Waals surface area contributed by atoms with Gasteiger partial charge in [0.25, 0.3) is 0 Å². The maximum Gasteiger partial charge on any atom is 2.00 e. The first-order valence-corrected chi connectivity index (χ1v) is 8.92. The van der Waals surface area contributed by atoms with E-state index < -0.39 is 15.6 Å². The van der Waals surface area contributed by atoms with Gasteiger partial charge in [0, 0.05) is 23.2 Å². The molecule has 0 atom stereocenters. The van der Waals surface area contributed by atoms with Gasteiger partial charge in [-0.1, -0.05) is 24.3 Å². The van der Waals surface area contributed by atoms with Gasteiger partial charge in [-0.3, -0.25) is 9.97 Å². The van der Waals surface area contributed by atoms with Gasteiger partial charge in [-0.15, -0.1) is 0 Å². The van der Waals surface area contributed by atoms with Crippen molar-refractivity contribution in [2.24, 2.45) is 0 Å². The van der Waals surface area contributed by atoms with Gasteiger partial charge in [0.1, 0.15) is 0 Å². The van der Waals surface area contributed by atoms with Crippen LogP contribution in [0.4, 0.5) is 0 Å². The predicted molar refractivity (Wildman–Crippen MR) is 124 cm³/mol. The van der Waals surface area contributed by atoms with Crippen LogP contribution in [0.2, 0.25) is 0 Å². The molecule has 0 aliphatic rings. The first-order valence-electron chi connectivity index (χ1n) is 6.00. The zero-order valence-electron chi connectivity index (χ0n) is 20.6. The Kier molecular flexibility index (Phi) is 122. The number of benzene rings is 1. The molecule has 23 nitrogen and oxygen atoms in total. The molecule has 1 radical (unpaired) electrons. The Labute approximate surface area is 280 Å². The van der Waals surface area contributed by atoms with Crippen molar-refractivity contribution in [1.29, 1.82) is 0 Å². The number of hydrogen-bond acceptors (Lipinski definition) is 9. The zero-order chi connectivity index (χ0) is 17.1. The molecular formula is C12H36CuN2Na2O21P2. The summed E-state index contributed by atoms with van der Waals surface area (Å²) >= 11 is 0. The number of hydrogen-bond donors (Lipinski definition) is 0. The van der Waals surface area contributed by atoms with E-state index in [-0.39, 0.29) is 153 Å². The third-order valence-electron chi connectivity index (χ3n) is 2.54. The molecule has 3 aromatic rings. The van der Waals surface area contributed by atoms with E-state index >= 15 is 0 Å². The van der Waals surface area contributed by atoms with Crippen LogP contribution in [0.5, 0.6) is 0 Å². The standard InChI is InChI=1S/C12H8N2.Cu.2Na.H4O7P2.14H2O/c1-3-9-5-6-10-4-2-8-14-12(10)11(9)13-7-1;;;;1-8(2,3)7-9(4,5)6;;;;;;;;;;;;;;/h1-8H;;;;(H2,1,2,3)(H2,4,5,6);14*1H2/q;+2;2*+1;;;;;;;;;;;;;;;/p-4. The summed E-state index contributed by atoms with van der Waals surface area (Å²) in [5.41, 5.74) is 1.95. The molecule has 2 aromatic heterocycles. The van der Waals surface area contributed by atoms with Crippen molar-refractivity contribution in [1.82, 2.24) is 9.97 Å². The van der Waals surface area contributed by atoms with Gasteiger partial charge >= 0.3 is 76.2 Å². The SMILES string of the molecule is O.O.O.O.O.O.O.O.O.O.O.O.O.O.O=P([O-])([O-])OP(=O)([O-])[O-].[Cu+2].[Na+].[Na+].c1cnc2c(c1)ccc1cccnc12. The van der Waals surface area contributed by atoms with Crippen LogP contribution in [-0.4, -0.2) is 86.6 Å². The number of nitrogens with zero attached hydrogens (tertiary/aromatic N) is 2. The average Bonchev–Trinajstić information content (AvgIpc) is 2.44. The minimum atomic E-state index is -5.68. The van der Waals surface area contributed by atoms with Crippen LogP contribution in [0.15, 0.2) is 48.8 Å². The second-order valence-electron chi connectivity index (χ2n) is 4.19. The van der Waals surface area contributed by atoms with Gasteiger partial charge in [-0.2, -0.15) is 0 Å². The number of pyridine rings is 2. The summed E-state index contributed by atoms with van der Waals surface area (Å²) in [5, 5.41) is 2.28. The molecule has 243 valence electrons. The van der Waals surface area contributed by atoms with E-state index in [1.165, 1.54) is 0 Å². The van der Waals surface area contributed by atoms with E-state index in [9.17, 15) is 28.7 Å². The van der Waals surface area contributed by atoms with E-state index in [1.807, 2.05) is 12.1 Å². The fourth-order valence-electron chi connectivity index (χ4n) is 1.80. The van der Waals surface area contributed by atoms with Gasteiger partial charge in [0.15, 0.2) is 0 Å². The Morgan fingerprint density at radius 3 is 0.900 bits per heavy atom. The summed E-state index contributed by atoms with van der Waals surface area (Å²) < 4.78 is 21.2. The number of aromatic nitrogens is 2. The molecule has 40 heavy (non-hydrogen) atoms. The molecule has 1 aromatic carbocycles. The van der Waals surface area contributed by atoms with Crippen LogP contribution in [0.1, 0.15) is 0 Å². The molecule has 28 heteroatoms. The van der Waals surface area contributed by atoms with Gasteiger partial charge in [-0.05, 0) is 12.1 Å². The van der Waals surface area contributed by atoms with Crippen molar-refractivity contribution >= 4 is 37.5 Å². The number of rotatable bonds is 2. The summed E-state index contributed by atoms with van der Waals surface area (Å²) in [7, 11) is -11.4. The molecule has 0 saturated carbocycles. The van der Waals surface area contributed by atoms with Crippen molar-refractivity contribution in [3.05, 3.63) is 48.8 Å². The molecule has 2 heterocycles. The fourth-order valence-corrected chi connectivity index (χ4v) is 2.78. The third kappa shape index (κ3) is 38.3. The summed E-state index contributed by atoms with van der Waals surface area (Å²) in [5.74, 6) is 0. The Morgan fingerprint density at radius 1 is 0.500 bits per heavy atom. The minimum Gasteiger partial charge on any atom is -0.790 e. The van der Waals surface area contributed by atoms with E-state index in [1.54, 1.807) is 12.4 Å². The molecule has 0 bridgehead atoms. The van der Waals surface area contributed by atoms with E-state index in [0.29, 0.717) is 0 Å². The quantitative estimate of drug-likeness (QED) is 0.138. The maximum atomic E-state index is 9.32. The van der Waals surface area contributed by atoms with Crippen LogP contribution >= 0.6 is 15.6 Å². The van der Waals surface area contributed by atoms with Crippen molar-refractivity contribution in [3.8, 4) is 0 Å². The largest absolute Gasteiger partial charge is 2.00 e. The number of fused-ring (bicyclic) bond motifs is 3. The van der Waals surface area contributed by atoms with Crippen LogP contribution in [-0.2, 0) is 30.5 Å². The first kappa shape index (κ1) is 105. The molecule has 0 aliphatic heterocycles. The maximum absolute atomic E-state index is 9.32. The Bertz CT molecular complexity index is 881. The smallest absolute Gasteiger partial charge is 0.790 e. The molecule has 0 fully saturated rings. The fraction of sp³-hybridized carbons (Fsp3) is 0. The number of phosphoric acid groups is 2. The third-order valence-corrected chi connectivity index (χ3v) is 4.14. The predicted octanol–water partition coefficient (Wildman–Crippen LogP) is -18.1. The van der Waals surface area contributed by atoms with Crippen LogP contribution in [0.25, 0.3) is 21.8 Å². The van der Waals surface area contributed by atoms with Crippen LogP contribution < -0.4 is 78.7 Å². The second kappa shape index (κ2) is 46.2. The second-order valence-corrected chi connectivity index (χ2v) is 6.63. The van der Waals surface area contributed by atoms with Gasteiger partial charge < -0.3 is 110 Å². The van der Waals surface area contributed by atoms with Crippen LogP contribution in [0, 0.1) is 0 Å². The molecule has 3 rings (SSSR count). The van der Waals surface area contributed by atoms with E-state index in [4.69, 9.17) is 0 Å². The van der Waals surface area contributed by atoms with Crippen molar-refractivity contribution in [2.45, 2.75) is 0 Å². The van der Waals surface area contributed by atoms with E-state index in [2.05, 4.69) is 38.5 Å². The van der Waals surface area contributed by atoms with Gasteiger partial charge in [-0.25, -0.2) is 0 Å². The van der Waals surface area contributed by atoms with Crippen molar-refractivity contribution in [2.75, 3.05) is 0 Å². The minimum absolute atomic E-state index is 0. The molecule has 0 aliphatic carbocycles. The van der Waals surface area contributed by atoms with E-state index in [0.717, 1.165) is 21.8 Å². The monoisotopic (exact) mass is 715 g/mol. The average molecular weight is 716 g/mol. The molecule has 0 spiro atoms. The Balaban J connectivity index is -0.0000000150. The first-order chi connectivity index (χ1) is 10.7. The molecule has 0 unspecified atom stereocenters. The van der Waals surface area contributed by atoms with Crippen molar-refractivity contribution < 1.29 is 186 Å². The Hall–Kier alpha value is 0.259. The Morgan fingerprint density at radius 2 is 0.725 bits per heavy atom. The van der Waals surface area contributed by atoms with Gasteiger partial charge in [0.05, 0.1) is 26.7 Å². The van der Waals surface area contributed by atoms with Crippen molar-refractivity contribution in [3.63, 3.8) is 0 Å². The topological polar surface area (TPSA) is 602 Å². The summed E-state index contributed by atoms with van der Waals surface area (Å²) in [6.45, 7) is 0. The van der Waals surface area contributed by atoms with Crippen LogP contribution in [0.3, 0.4) is 0 Å². The summed E-state index contributed by atoms with van der Waals surface area (Å²) in [4.78, 5) is 46.0. The molecule has 28 N–H and O–H groups in total. The summed E-state index contributed by atoms with van der Waals surface area (Å²) in [6, 6.07) is 12.1. The molecule has 0 amide bonds.